The lowest BCUT2D eigenvalue weighted by atomic mass is 10.1. The number of nitrogens with zero attached hydrogens (tertiary/aromatic N) is 3. The van der Waals surface area contributed by atoms with E-state index in [1.165, 1.54) is 0 Å². The van der Waals surface area contributed by atoms with Crippen LogP contribution in [0.4, 0.5) is 11.5 Å². The Hall–Kier alpha value is -4.04. The number of anilines is 2. The van der Waals surface area contributed by atoms with E-state index in [1.807, 2.05) is 24.3 Å². The second-order valence-corrected chi connectivity index (χ2v) is 8.04. The maximum atomic E-state index is 12.7. The van der Waals surface area contributed by atoms with E-state index in [-0.39, 0.29) is 12.0 Å². The zero-order valence-corrected chi connectivity index (χ0v) is 18.0. The summed E-state index contributed by atoms with van der Waals surface area (Å²) in [6.07, 6.45) is 8.92. The minimum Gasteiger partial charge on any atom is -0.490 e. The molecular weight excluding hydrogens is 416 g/mol. The summed E-state index contributed by atoms with van der Waals surface area (Å²) in [5.41, 5.74) is 9.46. The fourth-order valence-corrected chi connectivity index (χ4v) is 3.85. The third-order valence-electron chi connectivity index (χ3n) is 5.61. The third-order valence-corrected chi connectivity index (χ3v) is 5.61. The van der Waals surface area contributed by atoms with Gasteiger partial charge in [0.1, 0.15) is 17.7 Å². The van der Waals surface area contributed by atoms with Gasteiger partial charge in [-0.25, -0.2) is 4.98 Å². The van der Waals surface area contributed by atoms with E-state index in [2.05, 4.69) is 25.6 Å². The molecule has 3 aromatic heterocycles. The van der Waals surface area contributed by atoms with Gasteiger partial charge in [0.2, 0.25) is 0 Å². The molecule has 4 N–H and O–H groups in total. The molecule has 1 aliphatic rings. The summed E-state index contributed by atoms with van der Waals surface area (Å²) >= 11 is 0. The average molecular weight is 441 g/mol. The molecule has 1 amide bonds. The number of benzene rings is 1. The van der Waals surface area contributed by atoms with Gasteiger partial charge >= 0.3 is 0 Å². The normalized spacial score (nSPS) is 14.2. The Balaban J connectivity index is 1.30. The molecule has 0 bridgehead atoms. The molecule has 1 aliphatic heterocycles. The van der Waals surface area contributed by atoms with Crippen molar-refractivity contribution < 1.29 is 9.53 Å². The second-order valence-electron chi connectivity index (χ2n) is 8.04. The van der Waals surface area contributed by atoms with E-state index in [0.717, 1.165) is 53.7 Å². The van der Waals surface area contributed by atoms with Crippen LogP contribution in [0.3, 0.4) is 0 Å². The summed E-state index contributed by atoms with van der Waals surface area (Å²) in [6, 6.07) is 12.8. The van der Waals surface area contributed by atoms with Crippen molar-refractivity contribution in [1.82, 2.24) is 20.3 Å². The number of ether oxygens (including phenoxy) is 1. The number of hydrogen-bond acceptors (Lipinski definition) is 7. The molecule has 1 aromatic carbocycles. The van der Waals surface area contributed by atoms with E-state index in [4.69, 9.17) is 10.5 Å². The number of carbonyl (C=O) groups is 1. The Morgan fingerprint density at radius 2 is 1.76 bits per heavy atom. The standard InChI is InChI=1S/C25H24N6O2/c26-20-10-19(12-28-14-20)18-9-17-11-24(30-15-23(17)29-13-18)31-25(32)16-1-3-21(4-2-16)33-22-5-7-27-8-6-22/h1-4,9-15,22,27H,5-8,26H2,(H,30,31,32). The highest BCUT2D eigenvalue weighted by molar-refractivity contribution is 6.04. The molecule has 33 heavy (non-hydrogen) atoms. The molecule has 4 aromatic rings. The molecule has 4 heterocycles. The fourth-order valence-electron chi connectivity index (χ4n) is 3.85. The van der Waals surface area contributed by atoms with Gasteiger partial charge in [0.25, 0.3) is 5.91 Å². The topological polar surface area (TPSA) is 115 Å². The molecular formula is C25H24N6O2. The molecule has 166 valence electrons. The van der Waals surface area contributed by atoms with Gasteiger partial charge in [0, 0.05) is 40.7 Å². The molecule has 1 fully saturated rings. The van der Waals surface area contributed by atoms with Crippen LogP contribution in [0.25, 0.3) is 22.0 Å². The molecule has 0 saturated carbocycles. The van der Waals surface area contributed by atoms with Crippen molar-refractivity contribution in [2.45, 2.75) is 18.9 Å². The van der Waals surface area contributed by atoms with Crippen molar-refractivity contribution in [3.63, 3.8) is 0 Å². The van der Waals surface area contributed by atoms with Gasteiger partial charge in [-0.3, -0.25) is 14.8 Å². The zero-order chi connectivity index (χ0) is 22.6. The number of carbonyl (C=O) groups excluding carboxylic acids is 1. The minimum absolute atomic E-state index is 0.217. The van der Waals surface area contributed by atoms with E-state index < -0.39 is 0 Å². The minimum atomic E-state index is -0.237. The first-order chi connectivity index (χ1) is 16.1. The number of amides is 1. The zero-order valence-electron chi connectivity index (χ0n) is 18.0. The van der Waals surface area contributed by atoms with Crippen molar-refractivity contribution in [3.8, 4) is 16.9 Å². The summed E-state index contributed by atoms with van der Waals surface area (Å²) in [5, 5.41) is 7.03. The van der Waals surface area contributed by atoms with Gasteiger partial charge in [-0.05, 0) is 68.4 Å². The van der Waals surface area contributed by atoms with Crippen molar-refractivity contribution in [2.24, 2.45) is 0 Å². The lowest BCUT2D eigenvalue weighted by molar-refractivity contribution is 0.102. The van der Waals surface area contributed by atoms with Crippen LogP contribution in [0.5, 0.6) is 5.75 Å². The average Bonchev–Trinajstić information content (AvgIpc) is 2.85. The van der Waals surface area contributed by atoms with Crippen molar-refractivity contribution in [3.05, 3.63) is 72.8 Å². The summed E-state index contributed by atoms with van der Waals surface area (Å²) in [6.45, 7) is 1.94. The number of pyridine rings is 3. The fraction of sp³-hybridized carbons (Fsp3) is 0.200. The van der Waals surface area contributed by atoms with Crippen LogP contribution < -0.4 is 21.1 Å². The summed E-state index contributed by atoms with van der Waals surface area (Å²) in [4.78, 5) is 25.7. The van der Waals surface area contributed by atoms with Gasteiger partial charge in [0.15, 0.2) is 0 Å². The Bertz CT molecular complexity index is 1290. The number of hydrogen-bond donors (Lipinski definition) is 3. The van der Waals surface area contributed by atoms with Crippen molar-refractivity contribution in [2.75, 3.05) is 24.1 Å². The highest BCUT2D eigenvalue weighted by Crippen LogP contribution is 2.25. The number of nitrogens with one attached hydrogen (secondary N) is 2. The summed E-state index contributed by atoms with van der Waals surface area (Å²) in [5.74, 6) is 0.989. The van der Waals surface area contributed by atoms with Crippen molar-refractivity contribution >= 4 is 28.3 Å². The molecule has 1 saturated heterocycles. The Morgan fingerprint density at radius 1 is 0.970 bits per heavy atom. The maximum Gasteiger partial charge on any atom is 0.256 e. The predicted molar refractivity (Wildman–Crippen MR) is 128 cm³/mol. The largest absolute Gasteiger partial charge is 0.490 e. The molecule has 0 atom stereocenters. The van der Waals surface area contributed by atoms with Gasteiger partial charge in [-0.15, -0.1) is 0 Å². The number of nitrogens with two attached hydrogens (primary N) is 1. The first-order valence-electron chi connectivity index (χ1n) is 10.9. The molecule has 0 spiro atoms. The first kappa shape index (κ1) is 20.8. The molecule has 8 nitrogen and oxygen atoms in total. The Morgan fingerprint density at radius 3 is 2.55 bits per heavy atom. The maximum absolute atomic E-state index is 12.7. The smallest absolute Gasteiger partial charge is 0.256 e. The molecule has 0 radical (unpaired) electrons. The van der Waals surface area contributed by atoms with Gasteiger partial charge in [-0.2, -0.15) is 0 Å². The molecule has 5 rings (SSSR count). The van der Waals surface area contributed by atoms with E-state index in [0.29, 0.717) is 17.1 Å². The number of nitrogen functional groups attached to an aromatic ring is 1. The van der Waals surface area contributed by atoms with E-state index in [1.54, 1.807) is 43.0 Å². The molecule has 0 aliphatic carbocycles. The Labute approximate surface area is 191 Å². The van der Waals surface area contributed by atoms with Gasteiger partial charge in [-0.1, -0.05) is 0 Å². The van der Waals surface area contributed by atoms with E-state index in [9.17, 15) is 4.79 Å². The molecule has 0 unspecified atom stereocenters. The van der Waals surface area contributed by atoms with Gasteiger partial charge < -0.3 is 21.1 Å². The Kier molecular flexibility index (Phi) is 5.82. The number of aromatic nitrogens is 3. The summed E-state index contributed by atoms with van der Waals surface area (Å²) < 4.78 is 6.01. The van der Waals surface area contributed by atoms with E-state index >= 15 is 0 Å². The highest BCUT2D eigenvalue weighted by atomic mass is 16.5. The van der Waals surface area contributed by atoms with Crippen LogP contribution in [-0.4, -0.2) is 40.1 Å². The lowest BCUT2D eigenvalue weighted by Crippen LogP contribution is -2.34. The molecule has 8 heteroatoms. The quantitative estimate of drug-likeness (QED) is 0.434. The third kappa shape index (κ3) is 4.91. The van der Waals surface area contributed by atoms with Crippen LogP contribution in [0, 0.1) is 0 Å². The van der Waals surface area contributed by atoms with Crippen molar-refractivity contribution in [1.29, 1.82) is 0 Å². The highest BCUT2D eigenvalue weighted by Gasteiger charge is 2.15. The predicted octanol–water partition coefficient (Wildman–Crippen LogP) is 3.66. The number of piperidine rings is 1. The van der Waals surface area contributed by atoms with Crippen LogP contribution in [0.1, 0.15) is 23.2 Å². The monoisotopic (exact) mass is 440 g/mol. The first-order valence-corrected chi connectivity index (χ1v) is 10.9. The van der Waals surface area contributed by atoms with Crippen LogP contribution in [0.2, 0.25) is 0 Å². The summed E-state index contributed by atoms with van der Waals surface area (Å²) in [7, 11) is 0. The van der Waals surface area contributed by atoms with Crippen LogP contribution in [0.15, 0.2) is 67.3 Å². The SMILES string of the molecule is Nc1cncc(-c2cnc3cnc(NC(=O)c4ccc(OC5CCNCC5)cc4)cc3c2)c1. The van der Waals surface area contributed by atoms with Crippen LogP contribution in [-0.2, 0) is 0 Å². The van der Waals surface area contributed by atoms with Crippen LogP contribution >= 0.6 is 0 Å². The second kappa shape index (κ2) is 9.22. The lowest BCUT2D eigenvalue weighted by Gasteiger charge is -2.23. The number of rotatable bonds is 5. The van der Waals surface area contributed by atoms with Gasteiger partial charge in [0.05, 0.1) is 17.4 Å². The number of fused-ring (bicyclic) bond motifs is 1.